The van der Waals surface area contributed by atoms with Gasteiger partial charge in [-0.2, -0.15) is 0 Å². The van der Waals surface area contributed by atoms with Crippen molar-refractivity contribution >= 4 is 11.9 Å². The van der Waals surface area contributed by atoms with Gasteiger partial charge in [0.15, 0.2) is 0 Å². The molecule has 0 N–H and O–H groups in total. The average molecular weight is 292 g/mol. The first-order chi connectivity index (χ1) is 9.43. The Balaban J connectivity index is 0. The SMILES string of the molecule is CCCCOCCOC(C)=O.COCC(C)OC(C)=O. The monoisotopic (exact) mass is 292 g/mol. The van der Waals surface area contributed by atoms with E-state index < -0.39 is 0 Å². The van der Waals surface area contributed by atoms with Crippen LogP contribution in [0.25, 0.3) is 0 Å². The number of hydrogen-bond acceptors (Lipinski definition) is 6. The third-order valence-corrected chi connectivity index (χ3v) is 1.94. The summed E-state index contributed by atoms with van der Waals surface area (Å²) < 4.78 is 19.3. The quantitative estimate of drug-likeness (QED) is 0.478. The predicted octanol–water partition coefficient (Wildman–Crippen LogP) is 1.95. The van der Waals surface area contributed by atoms with Crippen molar-refractivity contribution in [1.29, 1.82) is 0 Å². The van der Waals surface area contributed by atoms with Gasteiger partial charge in [-0.1, -0.05) is 13.3 Å². The second-order valence-electron chi connectivity index (χ2n) is 4.18. The molecular formula is C14H28O6. The predicted molar refractivity (Wildman–Crippen MR) is 75.5 cm³/mol. The number of ether oxygens (including phenoxy) is 4. The molecule has 0 saturated heterocycles. The maximum absolute atomic E-state index is 10.3. The van der Waals surface area contributed by atoms with Gasteiger partial charge >= 0.3 is 11.9 Å². The molecule has 0 aromatic heterocycles. The van der Waals surface area contributed by atoms with E-state index in [2.05, 4.69) is 11.7 Å². The summed E-state index contributed by atoms with van der Waals surface area (Å²) >= 11 is 0. The van der Waals surface area contributed by atoms with Gasteiger partial charge in [0.05, 0.1) is 13.2 Å². The number of hydrogen-bond donors (Lipinski definition) is 0. The molecule has 120 valence electrons. The number of carbonyl (C=O) groups excluding carboxylic acids is 2. The van der Waals surface area contributed by atoms with Crippen molar-refractivity contribution in [2.75, 3.05) is 33.5 Å². The first kappa shape index (κ1) is 21.2. The molecule has 1 atom stereocenters. The van der Waals surface area contributed by atoms with Gasteiger partial charge in [0.25, 0.3) is 0 Å². The Morgan fingerprint density at radius 2 is 1.70 bits per heavy atom. The molecule has 0 aliphatic rings. The Labute approximate surface area is 121 Å². The van der Waals surface area contributed by atoms with E-state index in [0.717, 1.165) is 19.4 Å². The summed E-state index contributed by atoms with van der Waals surface area (Å²) in [7, 11) is 1.57. The van der Waals surface area contributed by atoms with Crippen molar-refractivity contribution in [3.63, 3.8) is 0 Å². The van der Waals surface area contributed by atoms with Crippen molar-refractivity contribution < 1.29 is 28.5 Å². The zero-order chi connectivity index (χ0) is 15.8. The molecule has 0 aliphatic heterocycles. The molecule has 0 bridgehead atoms. The number of rotatable bonds is 9. The second-order valence-corrected chi connectivity index (χ2v) is 4.18. The van der Waals surface area contributed by atoms with Crippen molar-refractivity contribution in [2.45, 2.75) is 46.6 Å². The Kier molecular flexibility index (Phi) is 16.8. The maximum Gasteiger partial charge on any atom is 0.302 e. The lowest BCUT2D eigenvalue weighted by Crippen LogP contribution is -2.17. The third kappa shape index (κ3) is 22.1. The highest BCUT2D eigenvalue weighted by Gasteiger charge is 2.02. The first-order valence-electron chi connectivity index (χ1n) is 6.81. The van der Waals surface area contributed by atoms with E-state index in [-0.39, 0.29) is 18.0 Å². The van der Waals surface area contributed by atoms with Crippen LogP contribution in [0, 0.1) is 0 Å². The minimum absolute atomic E-state index is 0.132. The van der Waals surface area contributed by atoms with Gasteiger partial charge in [0, 0.05) is 27.6 Å². The summed E-state index contributed by atoms with van der Waals surface area (Å²) in [6.07, 6.45) is 2.07. The molecule has 0 fully saturated rings. The van der Waals surface area contributed by atoms with Gasteiger partial charge in [0.1, 0.15) is 12.7 Å². The van der Waals surface area contributed by atoms with E-state index in [0.29, 0.717) is 19.8 Å². The van der Waals surface area contributed by atoms with Gasteiger partial charge in [-0.05, 0) is 13.3 Å². The van der Waals surface area contributed by atoms with E-state index in [4.69, 9.17) is 14.2 Å². The standard InChI is InChI=1S/C8H16O3.C6H12O3/c1-3-4-5-10-6-7-11-8(2)9;1-5(4-8-3)9-6(2)7/h3-7H2,1-2H3;5H,4H2,1-3H3. The van der Waals surface area contributed by atoms with Crippen LogP contribution in [0.4, 0.5) is 0 Å². The van der Waals surface area contributed by atoms with E-state index in [9.17, 15) is 9.59 Å². The zero-order valence-corrected chi connectivity index (χ0v) is 13.3. The molecule has 0 amide bonds. The fraction of sp³-hybridized carbons (Fsp3) is 0.857. The highest BCUT2D eigenvalue weighted by Crippen LogP contribution is 1.90. The lowest BCUT2D eigenvalue weighted by Gasteiger charge is -2.08. The summed E-state index contributed by atoms with van der Waals surface area (Å²) in [6.45, 7) is 8.77. The molecule has 0 heterocycles. The molecule has 6 heteroatoms. The molecule has 0 aromatic carbocycles. The van der Waals surface area contributed by atoms with Gasteiger partial charge in [-0.3, -0.25) is 9.59 Å². The van der Waals surface area contributed by atoms with Crippen LogP contribution in [0.1, 0.15) is 40.5 Å². The maximum atomic E-state index is 10.3. The van der Waals surface area contributed by atoms with Crippen molar-refractivity contribution in [3.05, 3.63) is 0 Å². The Morgan fingerprint density at radius 3 is 2.15 bits per heavy atom. The average Bonchev–Trinajstić information content (AvgIpc) is 2.33. The van der Waals surface area contributed by atoms with Crippen LogP contribution in [0.3, 0.4) is 0 Å². The van der Waals surface area contributed by atoms with Crippen LogP contribution in [0.5, 0.6) is 0 Å². The summed E-state index contributed by atoms with van der Waals surface area (Å²) in [5, 5.41) is 0. The van der Waals surface area contributed by atoms with Crippen LogP contribution in [-0.4, -0.2) is 51.6 Å². The van der Waals surface area contributed by atoms with Crippen LogP contribution in [0.2, 0.25) is 0 Å². The van der Waals surface area contributed by atoms with Crippen LogP contribution in [-0.2, 0) is 28.5 Å². The lowest BCUT2D eigenvalue weighted by molar-refractivity contribution is -0.147. The van der Waals surface area contributed by atoms with Crippen molar-refractivity contribution in [2.24, 2.45) is 0 Å². The summed E-state index contributed by atoms with van der Waals surface area (Å²) in [5.41, 5.74) is 0. The molecule has 0 aromatic rings. The molecule has 6 nitrogen and oxygen atoms in total. The summed E-state index contributed by atoms with van der Waals surface area (Å²) in [5.74, 6) is -0.511. The molecule has 0 aliphatic carbocycles. The molecule has 0 radical (unpaired) electrons. The van der Waals surface area contributed by atoms with Gasteiger partial charge in [-0.15, -0.1) is 0 Å². The molecule has 20 heavy (non-hydrogen) atoms. The molecule has 0 rings (SSSR count). The topological polar surface area (TPSA) is 71.1 Å². The van der Waals surface area contributed by atoms with Crippen LogP contribution >= 0.6 is 0 Å². The van der Waals surface area contributed by atoms with E-state index in [1.807, 2.05) is 0 Å². The minimum atomic E-state index is -0.264. The summed E-state index contributed by atoms with van der Waals surface area (Å²) in [6, 6.07) is 0. The fourth-order valence-corrected chi connectivity index (χ4v) is 1.14. The zero-order valence-electron chi connectivity index (χ0n) is 13.3. The second kappa shape index (κ2) is 15.9. The van der Waals surface area contributed by atoms with Crippen molar-refractivity contribution in [1.82, 2.24) is 0 Å². The Hall–Kier alpha value is -1.14. The van der Waals surface area contributed by atoms with Crippen LogP contribution in [0.15, 0.2) is 0 Å². The largest absolute Gasteiger partial charge is 0.463 e. The highest BCUT2D eigenvalue weighted by atomic mass is 16.6. The van der Waals surface area contributed by atoms with E-state index >= 15 is 0 Å². The van der Waals surface area contributed by atoms with Crippen LogP contribution < -0.4 is 0 Å². The van der Waals surface area contributed by atoms with Gasteiger partial charge in [0.2, 0.25) is 0 Å². The normalized spacial score (nSPS) is 11.1. The highest BCUT2D eigenvalue weighted by molar-refractivity contribution is 5.66. The van der Waals surface area contributed by atoms with E-state index in [1.54, 1.807) is 14.0 Å². The van der Waals surface area contributed by atoms with Gasteiger partial charge in [-0.25, -0.2) is 0 Å². The minimum Gasteiger partial charge on any atom is -0.463 e. The fourth-order valence-electron chi connectivity index (χ4n) is 1.14. The molecule has 0 saturated carbocycles. The van der Waals surface area contributed by atoms with Crippen molar-refractivity contribution in [3.8, 4) is 0 Å². The number of carbonyl (C=O) groups is 2. The first-order valence-corrected chi connectivity index (χ1v) is 6.81. The molecular weight excluding hydrogens is 264 g/mol. The number of unbranched alkanes of at least 4 members (excludes halogenated alkanes) is 1. The smallest absolute Gasteiger partial charge is 0.302 e. The van der Waals surface area contributed by atoms with E-state index in [1.165, 1.54) is 13.8 Å². The lowest BCUT2D eigenvalue weighted by atomic mass is 10.4. The number of methoxy groups -OCH3 is 1. The summed E-state index contributed by atoms with van der Waals surface area (Å²) in [4.78, 5) is 20.5. The third-order valence-electron chi connectivity index (χ3n) is 1.94. The number of esters is 2. The van der Waals surface area contributed by atoms with Gasteiger partial charge < -0.3 is 18.9 Å². The molecule has 0 spiro atoms. The Morgan fingerprint density at radius 1 is 1.05 bits per heavy atom. The Bertz CT molecular complexity index is 242. The molecule has 1 unspecified atom stereocenters.